The van der Waals surface area contributed by atoms with E-state index in [4.69, 9.17) is 10.8 Å². The number of hydrogen-bond donors (Lipinski definition) is 4. The van der Waals surface area contributed by atoms with E-state index in [2.05, 4.69) is 5.32 Å². The molecule has 1 heterocycles. The van der Waals surface area contributed by atoms with Crippen LogP contribution in [0.15, 0.2) is 30.3 Å². The first kappa shape index (κ1) is 21.4. The molecule has 0 saturated carbocycles. The lowest BCUT2D eigenvalue weighted by Crippen LogP contribution is -2.54. The minimum Gasteiger partial charge on any atom is -0.481 e. The van der Waals surface area contributed by atoms with Crippen LogP contribution in [0, 0.1) is 0 Å². The molecule has 3 atom stereocenters. The highest BCUT2D eigenvalue weighted by atomic mass is 16.4. The summed E-state index contributed by atoms with van der Waals surface area (Å²) in [6.07, 6.45) is 0.855. The van der Waals surface area contributed by atoms with Gasteiger partial charge in [0.15, 0.2) is 0 Å². The number of benzene rings is 1. The number of aliphatic carboxylic acids is 2. The normalized spacial score (nSPS) is 18.3. The molecule has 3 unspecified atom stereocenters. The zero-order valence-electron chi connectivity index (χ0n) is 15.4. The minimum atomic E-state index is -1.16. The Kier molecular flexibility index (Phi) is 7.51. The van der Waals surface area contributed by atoms with Gasteiger partial charge in [-0.2, -0.15) is 0 Å². The van der Waals surface area contributed by atoms with E-state index in [0.29, 0.717) is 19.4 Å². The van der Waals surface area contributed by atoms with Crippen LogP contribution >= 0.6 is 0 Å². The Labute approximate surface area is 162 Å². The fourth-order valence-electron chi connectivity index (χ4n) is 3.24. The van der Waals surface area contributed by atoms with Crippen molar-refractivity contribution in [3.8, 4) is 0 Å². The van der Waals surface area contributed by atoms with Crippen molar-refractivity contribution in [2.75, 3.05) is 6.54 Å². The van der Waals surface area contributed by atoms with Crippen molar-refractivity contribution < 1.29 is 29.4 Å². The Hall–Kier alpha value is -2.94. The summed E-state index contributed by atoms with van der Waals surface area (Å²) in [5.41, 5.74) is 6.55. The van der Waals surface area contributed by atoms with Crippen molar-refractivity contribution in [3.63, 3.8) is 0 Å². The summed E-state index contributed by atoms with van der Waals surface area (Å²) in [7, 11) is 0. The van der Waals surface area contributed by atoms with E-state index >= 15 is 0 Å². The van der Waals surface area contributed by atoms with Crippen molar-refractivity contribution >= 4 is 23.8 Å². The summed E-state index contributed by atoms with van der Waals surface area (Å²) in [6.45, 7) is 0.327. The number of nitrogens with zero attached hydrogens (tertiary/aromatic N) is 1. The third-order valence-corrected chi connectivity index (χ3v) is 4.72. The average molecular weight is 391 g/mol. The molecule has 2 rings (SSSR count). The smallest absolute Gasteiger partial charge is 0.326 e. The van der Waals surface area contributed by atoms with Gasteiger partial charge in [0.25, 0.3) is 0 Å². The Balaban J connectivity index is 2.01. The Bertz CT molecular complexity index is 724. The SMILES string of the molecule is NC(CCC(=O)O)C(=O)N1CCCC1C(=O)NC(Cc1ccccc1)C(=O)O. The maximum Gasteiger partial charge on any atom is 0.326 e. The predicted octanol–water partition coefficient (Wildman–Crippen LogP) is -0.0184. The summed E-state index contributed by atoms with van der Waals surface area (Å²) < 4.78 is 0. The van der Waals surface area contributed by atoms with Crippen molar-refractivity contribution in [3.05, 3.63) is 35.9 Å². The number of nitrogens with one attached hydrogen (secondary N) is 1. The Morgan fingerprint density at radius 1 is 1.18 bits per heavy atom. The molecule has 1 aromatic rings. The van der Waals surface area contributed by atoms with Crippen LogP contribution in [0.5, 0.6) is 0 Å². The van der Waals surface area contributed by atoms with Crippen LogP contribution in [0.4, 0.5) is 0 Å². The largest absolute Gasteiger partial charge is 0.481 e. The Morgan fingerprint density at radius 3 is 2.46 bits per heavy atom. The molecule has 1 aliphatic heterocycles. The maximum atomic E-state index is 12.7. The van der Waals surface area contributed by atoms with Crippen molar-refractivity contribution in [1.29, 1.82) is 0 Å². The lowest BCUT2D eigenvalue weighted by Gasteiger charge is -2.27. The van der Waals surface area contributed by atoms with E-state index in [0.717, 1.165) is 5.56 Å². The third kappa shape index (κ3) is 5.78. The fraction of sp³-hybridized carbons (Fsp3) is 0.474. The first-order valence-electron chi connectivity index (χ1n) is 9.14. The van der Waals surface area contributed by atoms with Gasteiger partial charge in [-0.25, -0.2) is 4.79 Å². The first-order chi connectivity index (χ1) is 13.3. The van der Waals surface area contributed by atoms with Gasteiger partial charge >= 0.3 is 11.9 Å². The standard InChI is InChI=1S/C19H25N3O6/c20-13(8-9-16(23)24)18(26)22-10-4-7-15(22)17(25)21-14(19(27)28)11-12-5-2-1-3-6-12/h1-3,5-6,13-15H,4,7-11,20H2,(H,21,25)(H,23,24)(H,27,28). The van der Waals surface area contributed by atoms with Crippen molar-refractivity contribution in [2.45, 2.75) is 50.2 Å². The molecule has 1 saturated heterocycles. The number of rotatable bonds is 9. The number of carboxylic acids is 2. The topological polar surface area (TPSA) is 150 Å². The van der Waals surface area contributed by atoms with Crippen LogP contribution in [-0.4, -0.2) is 63.5 Å². The van der Waals surface area contributed by atoms with Crippen LogP contribution < -0.4 is 11.1 Å². The van der Waals surface area contributed by atoms with Gasteiger partial charge in [-0.05, 0) is 24.8 Å². The van der Waals surface area contributed by atoms with Gasteiger partial charge in [0.1, 0.15) is 12.1 Å². The first-order valence-corrected chi connectivity index (χ1v) is 9.14. The molecule has 9 nitrogen and oxygen atoms in total. The molecule has 5 N–H and O–H groups in total. The molecule has 1 fully saturated rings. The van der Waals surface area contributed by atoms with Gasteiger partial charge in [-0.3, -0.25) is 14.4 Å². The molecule has 1 aliphatic rings. The molecule has 1 aromatic carbocycles. The second-order valence-electron chi connectivity index (χ2n) is 6.82. The van der Waals surface area contributed by atoms with Gasteiger partial charge in [0.2, 0.25) is 11.8 Å². The van der Waals surface area contributed by atoms with E-state index < -0.39 is 41.9 Å². The Morgan fingerprint density at radius 2 is 1.86 bits per heavy atom. The number of carbonyl (C=O) groups excluding carboxylic acids is 2. The molecular formula is C19H25N3O6. The summed E-state index contributed by atoms with van der Waals surface area (Å²) in [4.78, 5) is 48.7. The lowest BCUT2D eigenvalue weighted by atomic mass is 10.0. The van der Waals surface area contributed by atoms with Crippen LogP contribution in [0.1, 0.15) is 31.2 Å². The van der Waals surface area contributed by atoms with Crippen LogP contribution in [0.2, 0.25) is 0 Å². The van der Waals surface area contributed by atoms with Gasteiger partial charge < -0.3 is 26.2 Å². The predicted molar refractivity (Wildman–Crippen MR) is 99.3 cm³/mol. The number of carboxylic acid groups (broad SMARTS) is 2. The summed E-state index contributed by atoms with van der Waals surface area (Å²) in [5.74, 6) is -3.25. The highest BCUT2D eigenvalue weighted by Crippen LogP contribution is 2.19. The molecule has 28 heavy (non-hydrogen) atoms. The summed E-state index contributed by atoms with van der Waals surface area (Å²) in [6, 6.07) is 5.99. The van der Waals surface area contributed by atoms with E-state index in [-0.39, 0.29) is 19.3 Å². The molecule has 9 heteroatoms. The van der Waals surface area contributed by atoms with Gasteiger partial charge in [-0.1, -0.05) is 30.3 Å². The fourth-order valence-corrected chi connectivity index (χ4v) is 3.24. The van der Waals surface area contributed by atoms with E-state index in [1.165, 1.54) is 4.90 Å². The second kappa shape index (κ2) is 9.84. The highest BCUT2D eigenvalue weighted by Gasteiger charge is 2.37. The number of amides is 2. The summed E-state index contributed by atoms with van der Waals surface area (Å²) in [5, 5.41) is 20.7. The monoisotopic (exact) mass is 391 g/mol. The molecule has 0 radical (unpaired) electrons. The van der Waals surface area contributed by atoms with Crippen LogP contribution in [0.3, 0.4) is 0 Å². The number of hydrogen-bond acceptors (Lipinski definition) is 5. The molecule has 0 aromatic heterocycles. The molecule has 0 aliphatic carbocycles. The number of carbonyl (C=O) groups is 4. The zero-order valence-corrected chi connectivity index (χ0v) is 15.4. The van der Waals surface area contributed by atoms with E-state index in [9.17, 15) is 24.3 Å². The van der Waals surface area contributed by atoms with Gasteiger partial charge in [-0.15, -0.1) is 0 Å². The van der Waals surface area contributed by atoms with Crippen LogP contribution in [0.25, 0.3) is 0 Å². The van der Waals surface area contributed by atoms with E-state index in [1.807, 2.05) is 6.07 Å². The quantitative estimate of drug-likeness (QED) is 0.462. The molecule has 2 amide bonds. The third-order valence-electron chi connectivity index (χ3n) is 4.72. The molecular weight excluding hydrogens is 366 g/mol. The minimum absolute atomic E-state index is 0.0231. The second-order valence-corrected chi connectivity index (χ2v) is 6.82. The lowest BCUT2D eigenvalue weighted by molar-refractivity contribution is -0.144. The molecule has 0 spiro atoms. The summed E-state index contributed by atoms with van der Waals surface area (Å²) >= 11 is 0. The molecule has 0 bridgehead atoms. The van der Waals surface area contributed by atoms with Crippen LogP contribution in [-0.2, 0) is 25.6 Å². The number of likely N-dealkylation sites (tertiary alicyclic amines) is 1. The van der Waals surface area contributed by atoms with Crippen molar-refractivity contribution in [2.24, 2.45) is 5.73 Å². The van der Waals surface area contributed by atoms with Gasteiger partial charge in [0, 0.05) is 19.4 Å². The molecule has 152 valence electrons. The number of nitrogens with two attached hydrogens (primary N) is 1. The zero-order chi connectivity index (χ0) is 20.7. The maximum absolute atomic E-state index is 12.7. The van der Waals surface area contributed by atoms with Crippen molar-refractivity contribution in [1.82, 2.24) is 10.2 Å². The average Bonchev–Trinajstić information content (AvgIpc) is 3.15. The van der Waals surface area contributed by atoms with E-state index in [1.54, 1.807) is 24.3 Å². The highest BCUT2D eigenvalue weighted by molar-refractivity contribution is 5.92. The van der Waals surface area contributed by atoms with Gasteiger partial charge in [0.05, 0.1) is 6.04 Å².